The SMILES string of the molecule is CC(C)C[C@H]1NC(=O)[C@H](C(C)C)NC(=O)[C@H]2CSSC[C@@H](NC(=O)[C@H](CCCCN)NC1=O)C(=O)N2. The molecule has 0 aromatic carbocycles. The van der Waals surface area contributed by atoms with E-state index in [0.29, 0.717) is 43.7 Å². The summed E-state index contributed by atoms with van der Waals surface area (Å²) in [5.74, 6) is -2.00. The molecule has 5 atom stereocenters. The van der Waals surface area contributed by atoms with Crippen LogP contribution in [0.4, 0.5) is 0 Å². The van der Waals surface area contributed by atoms with E-state index >= 15 is 0 Å². The quantitative estimate of drug-likeness (QED) is 0.186. The summed E-state index contributed by atoms with van der Waals surface area (Å²) in [6.07, 6.45) is 1.97. The first-order valence-corrected chi connectivity index (χ1v) is 15.0. The van der Waals surface area contributed by atoms with E-state index in [2.05, 4.69) is 26.6 Å². The Kier molecular flexibility index (Phi) is 12.3. The van der Waals surface area contributed by atoms with Crippen LogP contribution in [-0.4, -0.2) is 77.8 Å². The summed E-state index contributed by atoms with van der Waals surface area (Å²) in [7, 11) is 2.78. The molecule has 2 saturated heterocycles. The third-order valence-corrected chi connectivity index (χ3v) is 8.41. The van der Waals surface area contributed by atoms with Gasteiger partial charge in [0.05, 0.1) is 0 Å². The molecule has 0 saturated carbocycles. The monoisotopic (exact) mass is 544 g/mol. The average molecular weight is 545 g/mol. The second-order valence-corrected chi connectivity index (χ2v) is 12.5. The zero-order valence-corrected chi connectivity index (χ0v) is 23.1. The Morgan fingerprint density at radius 2 is 1.25 bits per heavy atom. The normalized spacial score (nSPS) is 28.8. The zero-order chi connectivity index (χ0) is 26.8. The summed E-state index contributed by atoms with van der Waals surface area (Å²) < 4.78 is 0. The second kappa shape index (κ2) is 14.7. The summed E-state index contributed by atoms with van der Waals surface area (Å²) in [5, 5.41) is 13.8. The lowest BCUT2D eigenvalue weighted by atomic mass is 9.99. The van der Waals surface area contributed by atoms with E-state index in [1.54, 1.807) is 13.8 Å². The molecule has 2 bridgehead atoms. The minimum Gasteiger partial charge on any atom is -0.343 e. The van der Waals surface area contributed by atoms with Gasteiger partial charge in [0.15, 0.2) is 0 Å². The van der Waals surface area contributed by atoms with E-state index in [1.165, 1.54) is 21.6 Å². The molecule has 36 heavy (non-hydrogen) atoms. The lowest BCUT2D eigenvalue weighted by molar-refractivity contribution is -0.134. The van der Waals surface area contributed by atoms with Gasteiger partial charge in [-0.15, -0.1) is 0 Å². The Morgan fingerprint density at radius 1 is 0.722 bits per heavy atom. The van der Waals surface area contributed by atoms with E-state index in [1.807, 2.05) is 13.8 Å². The van der Waals surface area contributed by atoms with Crippen LogP contribution in [0.15, 0.2) is 0 Å². The molecule has 2 aliphatic heterocycles. The van der Waals surface area contributed by atoms with Crippen molar-refractivity contribution < 1.29 is 24.0 Å². The number of nitrogens with one attached hydrogen (secondary N) is 5. The Balaban J connectivity index is 2.44. The summed E-state index contributed by atoms with van der Waals surface area (Å²) in [6, 6.07) is -4.44. The van der Waals surface area contributed by atoms with Crippen LogP contribution >= 0.6 is 21.6 Å². The van der Waals surface area contributed by atoms with Gasteiger partial charge < -0.3 is 32.3 Å². The van der Waals surface area contributed by atoms with E-state index in [-0.39, 0.29) is 11.8 Å². The van der Waals surface area contributed by atoms with Crippen molar-refractivity contribution in [3.63, 3.8) is 0 Å². The van der Waals surface area contributed by atoms with Gasteiger partial charge in [-0.1, -0.05) is 49.3 Å². The summed E-state index contributed by atoms with van der Waals surface area (Å²) in [5.41, 5.74) is 5.61. The standard InChI is InChI=1S/C23H40N6O5S2/c1-12(2)9-15-20(31)25-14(7-5-6-8-24)19(30)27-16-10-35-36-11-17(28-21(16)32)22(33)29-18(13(3)4)23(34)26-15/h12-18H,5-11,24H2,1-4H3,(H,25,31)(H,26,34)(H,27,30)(H,28,32)(H,29,33)/t14-,15+,16+,17+,18-/m0/s1. The first-order chi connectivity index (χ1) is 17.0. The molecule has 13 heteroatoms. The van der Waals surface area contributed by atoms with Gasteiger partial charge in [0.1, 0.15) is 30.2 Å². The molecular formula is C23H40N6O5S2. The van der Waals surface area contributed by atoms with Crippen molar-refractivity contribution in [1.82, 2.24) is 26.6 Å². The molecule has 2 heterocycles. The minimum absolute atomic E-state index is 0.0819. The van der Waals surface area contributed by atoms with Crippen LogP contribution in [0.25, 0.3) is 0 Å². The predicted octanol–water partition coefficient (Wildman–Crippen LogP) is -0.350. The van der Waals surface area contributed by atoms with Gasteiger partial charge in [0, 0.05) is 11.5 Å². The Hall–Kier alpha value is -1.99. The number of carbonyl (C=O) groups is 5. The molecule has 0 aromatic rings. The first kappa shape index (κ1) is 30.2. The maximum Gasteiger partial charge on any atom is 0.244 e. The van der Waals surface area contributed by atoms with E-state index in [9.17, 15) is 24.0 Å². The second-order valence-electron chi connectivity index (χ2n) is 9.96. The van der Waals surface area contributed by atoms with Crippen molar-refractivity contribution in [2.45, 2.75) is 83.6 Å². The van der Waals surface area contributed by atoms with Crippen molar-refractivity contribution in [2.24, 2.45) is 17.6 Å². The molecule has 2 aliphatic rings. The van der Waals surface area contributed by atoms with Gasteiger partial charge in [-0.2, -0.15) is 0 Å². The number of unbranched alkanes of at least 4 members (excludes halogenated alkanes) is 1. The van der Waals surface area contributed by atoms with Crippen molar-refractivity contribution >= 4 is 51.1 Å². The fourth-order valence-electron chi connectivity index (χ4n) is 3.93. The zero-order valence-electron chi connectivity index (χ0n) is 21.4. The van der Waals surface area contributed by atoms with Gasteiger partial charge >= 0.3 is 0 Å². The highest BCUT2D eigenvalue weighted by Gasteiger charge is 2.36. The van der Waals surface area contributed by atoms with Crippen LogP contribution in [0.3, 0.4) is 0 Å². The number of hydrogen-bond donors (Lipinski definition) is 6. The first-order valence-electron chi connectivity index (χ1n) is 12.5. The number of nitrogens with two attached hydrogens (primary N) is 1. The summed E-state index contributed by atoms with van der Waals surface area (Å²) in [4.78, 5) is 65.7. The van der Waals surface area contributed by atoms with E-state index in [0.717, 1.165) is 0 Å². The number of rotatable bonds is 7. The Labute approximate surface area is 220 Å². The molecule has 0 aliphatic carbocycles. The highest BCUT2D eigenvalue weighted by Crippen LogP contribution is 2.25. The number of fused-ring (bicyclic) bond motifs is 3. The number of hydrogen-bond acceptors (Lipinski definition) is 8. The van der Waals surface area contributed by atoms with Gasteiger partial charge in [-0.05, 0) is 44.1 Å². The van der Waals surface area contributed by atoms with Crippen LogP contribution in [0.2, 0.25) is 0 Å². The highest BCUT2D eigenvalue weighted by atomic mass is 33.1. The molecule has 204 valence electrons. The van der Waals surface area contributed by atoms with Gasteiger partial charge in [0.25, 0.3) is 0 Å². The summed E-state index contributed by atoms with van der Waals surface area (Å²) >= 11 is 0. The highest BCUT2D eigenvalue weighted by molar-refractivity contribution is 8.76. The van der Waals surface area contributed by atoms with Crippen LogP contribution in [-0.2, 0) is 24.0 Å². The fourth-order valence-corrected chi connectivity index (χ4v) is 6.26. The smallest absolute Gasteiger partial charge is 0.244 e. The van der Waals surface area contributed by atoms with E-state index in [4.69, 9.17) is 5.73 Å². The lowest BCUT2D eigenvalue weighted by Crippen LogP contribution is -2.60. The van der Waals surface area contributed by atoms with Gasteiger partial charge in [-0.25, -0.2) is 0 Å². The molecule has 5 amide bonds. The maximum atomic E-state index is 13.3. The van der Waals surface area contributed by atoms with Crippen molar-refractivity contribution in [1.29, 1.82) is 0 Å². The average Bonchev–Trinajstić information content (AvgIpc) is 2.79. The molecule has 0 spiro atoms. The van der Waals surface area contributed by atoms with Crippen molar-refractivity contribution in [3.05, 3.63) is 0 Å². The topological polar surface area (TPSA) is 172 Å². The molecule has 0 radical (unpaired) electrons. The molecule has 11 nitrogen and oxygen atoms in total. The van der Waals surface area contributed by atoms with Crippen molar-refractivity contribution in [2.75, 3.05) is 18.1 Å². The third-order valence-electron chi connectivity index (χ3n) is 5.99. The summed E-state index contributed by atoms with van der Waals surface area (Å²) in [6.45, 7) is 7.90. The van der Waals surface area contributed by atoms with Gasteiger partial charge in [-0.3, -0.25) is 24.0 Å². The molecule has 2 fully saturated rings. The predicted molar refractivity (Wildman–Crippen MR) is 142 cm³/mol. The van der Waals surface area contributed by atoms with Crippen LogP contribution in [0, 0.1) is 11.8 Å². The Morgan fingerprint density at radius 3 is 1.81 bits per heavy atom. The lowest BCUT2D eigenvalue weighted by Gasteiger charge is -2.28. The molecule has 2 rings (SSSR count). The van der Waals surface area contributed by atoms with Crippen LogP contribution in [0.1, 0.15) is 53.4 Å². The largest absolute Gasteiger partial charge is 0.343 e. The molecule has 0 unspecified atom stereocenters. The van der Waals surface area contributed by atoms with Crippen LogP contribution < -0.4 is 32.3 Å². The van der Waals surface area contributed by atoms with Crippen molar-refractivity contribution in [3.8, 4) is 0 Å². The number of carbonyl (C=O) groups excluding carboxylic acids is 5. The maximum absolute atomic E-state index is 13.3. The van der Waals surface area contributed by atoms with E-state index < -0.39 is 59.7 Å². The number of amides is 5. The molecular weight excluding hydrogens is 504 g/mol. The third kappa shape index (κ3) is 9.15. The Bertz CT molecular complexity index is 812. The van der Waals surface area contributed by atoms with Crippen LogP contribution in [0.5, 0.6) is 0 Å². The van der Waals surface area contributed by atoms with Gasteiger partial charge in [0.2, 0.25) is 29.5 Å². The molecule has 0 aromatic heterocycles. The fraction of sp³-hybridized carbons (Fsp3) is 0.783. The molecule has 7 N–H and O–H groups in total. The minimum atomic E-state index is -0.902.